The number of hydrogen-bond donors (Lipinski definition) is 0. The van der Waals surface area contributed by atoms with Crippen molar-refractivity contribution in [3.8, 4) is 0 Å². The molecule has 0 unspecified atom stereocenters. The first-order valence-corrected chi connectivity index (χ1v) is 11.2. The molecule has 0 saturated carbocycles. The summed E-state index contributed by atoms with van der Waals surface area (Å²) in [6.07, 6.45) is 18.9. The monoisotopic (exact) mass is 357 g/mol. The first-order valence-electron chi connectivity index (χ1n) is 11.2. The molecule has 0 amide bonds. The Morgan fingerprint density at radius 3 is 1.65 bits per heavy atom. The predicted octanol–water partition coefficient (Wildman–Crippen LogP) is 8.25. The van der Waals surface area contributed by atoms with Gasteiger partial charge in [0.05, 0.1) is 0 Å². The fraction of sp³-hybridized carbons (Fsp3) is 0.680. The molecule has 0 bridgehead atoms. The van der Waals surface area contributed by atoms with Crippen molar-refractivity contribution in [1.29, 1.82) is 0 Å². The predicted molar refractivity (Wildman–Crippen MR) is 120 cm³/mol. The highest BCUT2D eigenvalue weighted by Gasteiger charge is 2.09. The number of anilines is 1. The molecule has 0 spiro atoms. The van der Waals surface area contributed by atoms with Crippen molar-refractivity contribution in [3.05, 3.63) is 36.4 Å². The molecule has 0 aliphatic carbocycles. The van der Waals surface area contributed by atoms with Gasteiger partial charge in [0.2, 0.25) is 0 Å². The number of rotatable bonds is 16. The van der Waals surface area contributed by atoms with Crippen LogP contribution in [0.5, 0.6) is 0 Å². The highest BCUT2D eigenvalue weighted by atomic mass is 15.1. The quantitative estimate of drug-likeness (QED) is 0.269. The summed E-state index contributed by atoms with van der Waals surface area (Å²) in [5.41, 5.74) is 2.54. The number of benzene rings is 1. The molecule has 1 rings (SSSR count). The SMILES string of the molecule is C=Cc1ccc(N(CCCCCCCCCCCCCC)C(C)C)cc1. The molecule has 0 aromatic heterocycles. The van der Waals surface area contributed by atoms with Gasteiger partial charge in [0.15, 0.2) is 0 Å². The molecule has 1 aromatic carbocycles. The van der Waals surface area contributed by atoms with Crippen LogP contribution in [0.4, 0.5) is 5.69 Å². The maximum Gasteiger partial charge on any atom is 0.0368 e. The van der Waals surface area contributed by atoms with Crippen LogP contribution in [0.3, 0.4) is 0 Å². The summed E-state index contributed by atoms with van der Waals surface area (Å²) in [7, 11) is 0. The second-order valence-electron chi connectivity index (χ2n) is 7.97. The molecular weight excluding hydrogens is 314 g/mol. The molecule has 148 valence electrons. The Kier molecular flexibility index (Phi) is 13.0. The van der Waals surface area contributed by atoms with Gasteiger partial charge < -0.3 is 4.90 Å². The van der Waals surface area contributed by atoms with Crippen molar-refractivity contribution < 1.29 is 0 Å². The molecule has 1 heteroatoms. The van der Waals surface area contributed by atoms with Gasteiger partial charge >= 0.3 is 0 Å². The average Bonchev–Trinajstić information content (AvgIpc) is 2.65. The standard InChI is InChI=1S/C25H43N/c1-5-7-8-9-10-11-12-13-14-15-16-17-22-26(23(3)4)25-20-18-24(6-2)19-21-25/h6,18-21,23H,2,5,7-17,22H2,1,3-4H3. The minimum Gasteiger partial charge on any atom is -0.369 e. The third kappa shape index (κ3) is 10.0. The maximum absolute atomic E-state index is 3.84. The molecule has 0 radical (unpaired) electrons. The van der Waals surface area contributed by atoms with Crippen molar-refractivity contribution in [3.63, 3.8) is 0 Å². The van der Waals surface area contributed by atoms with Gasteiger partial charge in [-0.15, -0.1) is 0 Å². The molecule has 26 heavy (non-hydrogen) atoms. The molecule has 0 saturated heterocycles. The highest BCUT2D eigenvalue weighted by Crippen LogP contribution is 2.20. The van der Waals surface area contributed by atoms with Crippen LogP contribution in [0, 0.1) is 0 Å². The van der Waals surface area contributed by atoms with Gasteiger partial charge in [0.1, 0.15) is 0 Å². The smallest absolute Gasteiger partial charge is 0.0368 e. The molecule has 0 fully saturated rings. The van der Waals surface area contributed by atoms with Gasteiger partial charge in [-0.2, -0.15) is 0 Å². The van der Waals surface area contributed by atoms with Crippen LogP contribution in [0.25, 0.3) is 6.08 Å². The third-order valence-electron chi connectivity index (χ3n) is 5.34. The van der Waals surface area contributed by atoms with Crippen LogP contribution >= 0.6 is 0 Å². The average molecular weight is 358 g/mol. The van der Waals surface area contributed by atoms with Crippen LogP contribution in [0.15, 0.2) is 30.8 Å². The molecule has 0 aliphatic rings. The van der Waals surface area contributed by atoms with E-state index in [1.807, 2.05) is 6.08 Å². The Hall–Kier alpha value is -1.24. The van der Waals surface area contributed by atoms with E-state index in [0.29, 0.717) is 6.04 Å². The van der Waals surface area contributed by atoms with E-state index in [-0.39, 0.29) is 0 Å². The first kappa shape index (κ1) is 22.8. The van der Waals surface area contributed by atoms with E-state index in [4.69, 9.17) is 0 Å². The zero-order chi connectivity index (χ0) is 19.0. The lowest BCUT2D eigenvalue weighted by Crippen LogP contribution is -2.31. The molecule has 0 atom stereocenters. The summed E-state index contributed by atoms with van der Waals surface area (Å²) in [6, 6.07) is 9.35. The van der Waals surface area contributed by atoms with Gasteiger partial charge in [-0.05, 0) is 38.0 Å². The summed E-state index contributed by atoms with van der Waals surface area (Å²) >= 11 is 0. The first-order chi connectivity index (χ1) is 12.7. The zero-order valence-corrected chi connectivity index (χ0v) is 17.8. The van der Waals surface area contributed by atoms with Crippen LogP contribution in [-0.2, 0) is 0 Å². The van der Waals surface area contributed by atoms with Crippen LogP contribution in [-0.4, -0.2) is 12.6 Å². The Labute approximate surface area is 163 Å². The topological polar surface area (TPSA) is 3.24 Å². The van der Waals surface area contributed by atoms with E-state index in [1.54, 1.807) is 0 Å². The van der Waals surface area contributed by atoms with Gasteiger partial charge in [-0.25, -0.2) is 0 Å². The lowest BCUT2D eigenvalue weighted by atomic mass is 10.0. The lowest BCUT2D eigenvalue weighted by molar-refractivity contribution is 0.539. The highest BCUT2D eigenvalue weighted by molar-refractivity contribution is 5.55. The largest absolute Gasteiger partial charge is 0.369 e. The Morgan fingerprint density at radius 1 is 0.769 bits per heavy atom. The van der Waals surface area contributed by atoms with E-state index in [9.17, 15) is 0 Å². The second-order valence-corrected chi connectivity index (χ2v) is 7.97. The fourth-order valence-corrected chi connectivity index (χ4v) is 3.61. The summed E-state index contributed by atoms with van der Waals surface area (Å²) in [4.78, 5) is 2.53. The normalized spacial score (nSPS) is 11.1. The third-order valence-corrected chi connectivity index (χ3v) is 5.34. The minimum atomic E-state index is 0.553. The van der Waals surface area contributed by atoms with E-state index < -0.39 is 0 Å². The van der Waals surface area contributed by atoms with Gasteiger partial charge in [0, 0.05) is 18.3 Å². The second kappa shape index (κ2) is 14.9. The van der Waals surface area contributed by atoms with E-state index in [1.165, 1.54) is 94.8 Å². The van der Waals surface area contributed by atoms with Crippen LogP contribution in [0.2, 0.25) is 0 Å². The summed E-state index contributed by atoms with van der Waals surface area (Å²) in [5.74, 6) is 0. The zero-order valence-electron chi connectivity index (χ0n) is 17.8. The Morgan fingerprint density at radius 2 is 1.23 bits per heavy atom. The summed E-state index contributed by atoms with van der Waals surface area (Å²) in [6.45, 7) is 11.9. The summed E-state index contributed by atoms with van der Waals surface area (Å²) < 4.78 is 0. The van der Waals surface area contributed by atoms with E-state index in [0.717, 1.165) is 0 Å². The minimum absolute atomic E-state index is 0.553. The molecule has 0 N–H and O–H groups in total. The number of nitrogens with zero attached hydrogens (tertiary/aromatic N) is 1. The van der Waals surface area contributed by atoms with Gasteiger partial charge in [0.25, 0.3) is 0 Å². The Bertz CT molecular complexity index is 446. The van der Waals surface area contributed by atoms with E-state index in [2.05, 4.69) is 56.5 Å². The van der Waals surface area contributed by atoms with Crippen LogP contribution in [0.1, 0.15) is 103 Å². The summed E-state index contributed by atoms with van der Waals surface area (Å²) in [5, 5.41) is 0. The number of hydrogen-bond acceptors (Lipinski definition) is 1. The fourth-order valence-electron chi connectivity index (χ4n) is 3.61. The van der Waals surface area contributed by atoms with Crippen molar-refractivity contribution in [1.82, 2.24) is 0 Å². The van der Waals surface area contributed by atoms with Crippen molar-refractivity contribution in [2.45, 2.75) is 104 Å². The van der Waals surface area contributed by atoms with Crippen molar-refractivity contribution in [2.24, 2.45) is 0 Å². The van der Waals surface area contributed by atoms with Gasteiger partial charge in [-0.1, -0.05) is 102 Å². The lowest BCUT2D eigenvalue weighted by Gasteiger charge is -2.29. The van der Waals surface area contributed by atoms with Crippen molar-refractivity contribution >= 4 is 11.8 Å². The number of unbranched alkanes of at least 4 members (excludes halogenated alkanes) is 11. The van der Waals surface area contributed by atoms with Crippen molar-refractivity contribution in [2.75, 3.05) is 11.4 Å². The molecule has 1 nitrogen and oxygen atoms in total. The Balaban J connectivity index is 2.09. The molecule has 0 aliphatic heterocycles. The van der Waals surface area contributed by atoms with Crippen LogP contribution < -0.4 is 4.90 Å². The van der Waals surface area contributed by atoms with E-state index >= 15 is 0 Å². The molecule has 0 heterocycles. The van der Waals surface area contributed by atoms with Gasteiger partial charge in [-0.3, -0.25) is 0 Å². The molecular formula is C25H43N. The molecule has 1 aromatic rings. The maximum atomic E-state index is 3.84.